The normalized spacial score (nSPS) is 12.0. The maximum atomic E-state index is 5.80. The topological polar surface area (TPSA) is 91.5 Å². The van der Waals surface area contributed by atoms with E-state index in [1.54, 1.807) is 20.4 Å². The van der Waals surface area contributed by atoms with Gasteiger partial charge in [-0.1, -0.05) is 12.1 Å². The van der Waals surface area contributed by atoms with Crippen molar-refractivity contribution in [1.29, 1.82) is 0 Å². The van der Waals surface area contributed by atoms with Crippen LogP contribution in [0.2, 0.25) is 0 Å². The molecule has 3 rings (SSSR count). The van der Waals surface area contributed by atoms with Crippen molar-refractivity contribution in [3.8, 4) is 17.2 Å². The summed E-state index contributed by atoms with van der Waals surface area (Å²) in [5, 5.41) is 11.5. The first kappa shape index (κ1) is 18.8. The Morgan fingerprint density at radius 3 is 2.74 bits per heavy atom. The van der Waals surface area contributed by atoms with E-state index in [4.69, 9.17) is 18.6 Å². The molecule has 0 spiro atoms. The second-order valence-corrected chi connectivity index (χ2v) is 5.68. The molecule has 0 aliphatic heterocycles. The van der Waals surface area contributed by atoms with E-state index in [1.165, 1.54) is 0 Å². The highest BCUT2D eigenvalue weighted by Gasteiger charge is 2.18. The fourth-order valence-electron chi connectivity index (χ4n) is 2.44. The van der Waals surface area contributed by atoms with Crippen LogP contribution in [-0.4, -0.2) is 42.6 Å². The van der Waals surface area contributed by atoms with Gasteiger partial charge in [-0.2, -0.15) is 0 Å². The van der Waals surface area contributed by atoms with E-state index in [0.717, 1.165) is 5.69 Å². The Morgan fingerprint density at radius 2 is 1.93 bits per heavy atom. The second kappa shape index (κ2) is 9.11. The first-order valence-corrected chi connectivity index (χ1v) is 8.52. The Balaban J connectivity index is 1.82. The van der Waals surface area contributed by atoms with E-state index < -0.39 is 0 Å². The molecule has 142 valence electrons. The molecule has 8 nitrogen and oxygen atoms in total. The summed E-state index contributed by atoms with van der Waals surface area (Å²) in [4.78, 5) is 4.40. The molecular formula is C19H22N4O4. The highest BCUT2D eigenvalue weighted by molar-refractivity contribution is 5.75. The predicted molar refractivity (Wildman–Crippen MR) is 100 cm³/mol. The SMILES string of the molecule is COCCOC(C)c1nnc(-c2cccnc2Nc2ccccc2OC)o1. The number of benzene rings is 1. The Morgan fingerprint density at radius 1 is 1.07 bits per heavy atom. The third kappa shape index (κ3) is 4.60. The summed E-state index contributed by atoms with van der Waals surface area (Å²) < 4.78 is 21.8. The minimum Gasteiger partial charge on any atom is -0.495 e. The molecule has 0 radical (unpaired) electrons. The van der Waals surface area contributed by atoms with E-state index in [2.05, 4.69) is 20.5 Å². The first-order valence-electron chi connectivity index (χ1n) is 8.52. The maximum absolute atomic E-state index is 5.80. The van der Waals surface area contributed by atoms with Crippen LogP contribution in [0, 0.1) is 0 Å². The van der Waals surface area contributed by atoms with Crippen molar-refractivity contribution < 1.29 is 18.6 Å². The molecule has 8 heteroatoms. The summed E-state index contributed by atoms with van der Waals surface area (Å²) >= 11 is 0. The van der Waals surface area contributed by atoms with Crippen LogP contribution < -0.4 is 10.1 Å². The maximum Gasteiger partial charge on any atom is 0.251 e. The Hall–Kier alpha value is -2.97. The fraction of sp³-hybridized carbons (Fsp3) is 0.316. The highest BCUT2D eigenvalue weighted by atomic mass is 16.5. The third-order valence-corrected chi connectivity index (χ3v) is 3.84. The van der Waals surface area contributed by atoms with Gasteiger partial charge in [0.1, 0.15) is 17.7 Å². The molecule has 0 aliphatic rings. The van der Waals surface area contributed by atoms with Crippen LogP contribution in [-0.2, 0) is 9.47 Å². The van der Waals surface area contributed by atoms with Crippen molar-refractivity contribution >= 4 is 11.5 Å². The van der Waals surface area contributed by atoms with Crippen LogP contribution in [0.5, 0.6) is 5.75 Å². The van der Waals surface area contributed by atoms with E-state index in [1.807, 2.05) is 43.3 Å². The van der Waals surface area contributed by atoms with E-state index in [9.17, 15) is 0 Å². The van der Waals surface area contributed by atoms with Crippen LogP contribution in [0.25, 0.3) is 11.5 Å². The van der Waals surface area contributed by atoms with E-state index >= 15 is 0 Å². The molecule has 1 aromatic carbocycles. The van der Waals surface area contributed by atoms with Crippen molar-refractivity contribution in [1.82, 2.24) is 15.2 Å². The average Bonchev–Trinajstić information content (AvgIpc) is 3.19. The quantitative estimate of drug-likeness (QED) is 0.571. The zero-order chi connectivity index (χ0) is 19.1. The molecule has 0 saturated carbocycles. The summed E-state index contributed by atoms with van der Waals surface area (Å²) in [5.74, 6) is 2.05. The summed E-state index contributed by atoms with van der Waals surface area (Å²) in [7, 11) is 3.24. The summed E-state index contributed by atoms with van der Waals surface area (Å²) in [5.41, 5.74) is 1.47. The number of pyridine rings is 1. The van der Waals surface area contributed by atoms with Crippen LogP contribution >= 0.6 is 0 Å². The van der Waals surface area contributed by atoms with Crippen molar-refractivity contribution in [3.05, 3.63) is 48.5 Å². The van der Waals surface area contributed by atoms with Crippen LogP contribution in [0.3, 0.4) is 0 Å². The van der Waals surface area contributed by atoms with E-state index in [0.29, 0.717) is 42.1 Å². The molecule has 1 N–H and O–H groups in total. The zero-order valence-corrected chi connectivity index (χ0v) is 15.5. The Kier molecular flexibility index (Phi) is 6.35. The molecule has 0 aliphatic carbocycles. The number of para-hydroxylation sites is 2. The standard InChI is InChI=1S/C19H22N4O4/c1-13(26-12-11-24-2)18-22-23-19(27-18)14-7-6-10-20-17(14)21-15-8-4-5-9-16(15)25-3/h4-10,13H,11-12H2,1-3H3,(H,20,21). The minimum atomic E-state index is -0.330. The van der Waals surface area contributed by atoms with Crippen molar-refractivity contribution in [2.75, 3.05) is 32.8 Å². The fourth-order valence-corrected chi connectivity index (χ4v) is 2.44. The van der Waals surface area contributed by atoms with Gasteiger partial charge in [0.05, 0.1) is 31.6 Å². The Labute approximate surface area is 157 Å². The molecule has 1 atom stereocenters. The number of aromatic nitrogens is 3. The number of nitrogens with zero attached hydrogens (tertiary/aromatic N) is 3. The van der Waals surface area contributed by atoms with Crippen LogP contribution in [0.15, 0.2) is 47.0 Å². The number of ether oxygens (including phenoxy) is 3. The van der Waals surface area contributed by atoms with Crippen LogP contribution in [0.1, 0.15) is 18.9 Å². The zero-order valence-electron chi connectivity index (χ0n) is 15.5. The highest BCUT2D eigenvalue weighted by Crippen LogP contribution is 2.32. The monoisotopic (exact) mass is 370 g/mol. The summed E-state index contributed by atoms with van der Waals surface area (Å²) in [6.07, 6.45) is 1.36. The molecule has 3 aromatic rings. The van der Waals surface area contributed by atoms with Crippen molar-refractivity contribution in [2.45, 2.75) is 13.0 Å². The molecule has 0 bridgehead atoms. The molecule has 2 aromatic heterocycles. The number of hydrogen-bond donors (Lipinski definition) is 1. The lowest BCUT2D eigenvalue weighted by Gasteiger charge is -2.12. The smallest absolute Gasteiger partial charge is 0.251 e. The van der Waals surface area contributed by atoms with Crippen molar-refractivity contribution in [2.24, 2.45) is 0 Å². The molecule has 0 fully saturated rings. The molecule has 0 amide bonds. The molecule has 27 heavy (non-hydrogen) atoms. The van der Waals surface area contributed by atoms with Gasteiger partial charge >= 0.3 is 0 Å². The van der Waals surface area contributed by atoms with Gasteiger partial charge in [0.15, 0.2) is 0 Å². The molecular weight excluding hydrogens is 348 g/mol. The summed E-state index contributed by atoms with van der Waals surface area (Å²) in [6, 6.07) is 11.3. The molecule has 2 heterocycles. The number of methoxy groups -OCH3 is 2. The summed E-state index contributed by atoms with van der Waals surface area (Å²) in [6.45, 7) is 2.80. The van der Waals surface area contributed by atoms with Gasteiger partial charge in [-0.05, 0) is 31.2 Å². The van der Waals surface area contributed by atoms with Gasteiger partial charge in [0.25, 0.3) is 5.89 Å². The number of anilines is 2. The van der Waals surface area contributed by atoms with Gasteiger partial charge < -0.3 is 23.9 Å². The molecule has 1 unspecified atom stereocenters. The van der Waals surface area contributed by atoms with Gasteiger partial charge in [-0.3, -0.25) is 0 Å². The minimum absolute atomic E-state index is 0.330. The van der Waals surface area contributed by atoms with E-state index in [-0.39, 0.29) is 6.10 Å². The number of nitrogens with one attached hydrogen (secondary N) is 1. The lowest BCUT2D eigenvalue weighted by molar-refractivity contribution is 0.0131. The lowest BCUT2D eigenvalue weighted by Crippen LogP contribution is -2.06. The Bertz CT molecular complexity index is 868. The lowest BCUT2D eigenvalue weighted by atomic mass is 10.2. The molecule has 0 saturated heterocycles. The predicted octanol–water partition coefficient (Wildman–Crippen LogP) is 3.61. The number of rotatable bonds is 9. The van der Waals surface area contributed by atoms with Crippen molar-refractivity contribution in [3.63, 3.8) is 0 Å². The van der Waals surface area contributed by atoms with Gasteiger partial charge in [0, 0.05) is 13.3 Å². The second-order valence-electron chi connectivity index (χ2n) is 5.68. The van der Waals surface area contributed by atoms with Gasteiger partial charge in [-0.25, -0.2) is 4.98 Å². The average molecular weight is 370 g/mol. The van der Waals surface area contributed by atoms with Gasteiger partial charge in [-0.15, -0.1) is 10.2 Å². The van der Waals surface area contributed by atoms with Crippen LogP contribution in [0.4, 0.5) is 11.5 Å². The van der Waals surface area contributed by atoms with Gasteiger partial charge in [0.2, 0.25) is 5.89 Å². The largest absolute Gasteiger partial charge is 0.495 e. The number of hydrogen-bond acceptors (Lipinski definition) is 8. The third-order valence-electron chi connectivity index (χ3n) is 3.84. The first-order chi connectivity index (χ1) is 13.2.